The molecule has 0 unspecified atom stereocenters. The van der Waals surface area contributed by atoms with Crippen LogP contribution >= 0.6 is 15.9 Å². The molecule has 2 aromatic heterocycles. The van der Waals surface area contributed by atoms with E-state index >= 15 is 0 Å². The summed E-state index contributed by atoms with van der Waals surface area (Å²) in [6.07, 6.45) is 16.3. The first-order chi connectivity index (χ1) is 10.3. The predicted octanol–water partition coefficient (Wildman–Crippen LogP) is 5.04. The van der Waals surface area contributed by atoms with Crippen molar-refractivity contribution in [3.05, 3.63) is 23.2 Å². The normalized spacial score (nSPS) is 11.1. The van der Waals surface area contributed by atoms with Crippen molar-refractivity contribution in [1.29, 1.82) is 0 Å². The standard InChI is InChI=1S/C16H25BrN4/c1-2-3-4-5-6-7-8-9-10-18-15-16-19-11-12-21(16)13-14(17)20-15/h11-13H,2-10H2,1H3,(H,18,20). The van der Waals surface area contributed by atoms with Crippen molar-refractivity contribution in [2.45, 2.75) is 58.3 Å². The zero-order valence-corrected chi connectivity index (χ0v) is 14.4. The molecular formula is C16H25BrN4. The minimum absolute atomic E-state index is 0.825. The van der Waals surface area contributed by atoms with Gasteiger partial charge in [-0.15, -0.1) is 0 Å². The van der Waals surface area contributed by atoms with Crippen LogP contribution in [0.25, 0.3) is 5.65 Å². The molecule has 0 bridgehead atoms. The van der Waals surface area contributed by atoms with E-state index in [0.29, 0.717) is 0 Å². The van der Waals surface area contributed by atoms with Gasteiger partial charge in [-0.2, -0.15) is 0 Å². The monoisotopic (exact) mass is 352 g/mol. The van der Waals surface area contributed by atoms with Crippen LogP contribution < -0.4 is 5.32 Å². The maximum absolute atomic E-state index is 4.46. The van der Waals surface area contributed by atoms with E-state index in [1.54, 1.807) is 6.20 Å². The van der Waals surface area contributed by atoms with Crippen molar-refractivity contribution in [2.24, 2.45) is 0 Å². The molecule has 0 radical (unpaired) electrons. The average molecular weight is 353 g/mol. The molecule has 0 aromatic carbocycles. The first kappa shape index (κ1) is 16.3. The van der Waals surface area contributed by atoms with Crippen molar-refractivity contribution >= 4 is 27.4 Å². The van der Waals surface area contributed by atoms with Gasteiger partial charge in [0.1, 0.15) is 4.60 Å². The zero-order chi connectivity index (χ0) is 14.9. The van der Waals surface area contributed by atoms with Crippen LogP contribution in [-0.2, 0) is 0 Å². The molecule has 0 aliphatic rings. The van der Waals surface area contributed by atoms with E-state index in [9.17, 15) is 0 Å². The Morgan fingerprint density at radius 2 is 1.81 bits per heavy atom. The number of anilines is 1. The molecule has 0 atom stereocenters. The molecule has 0 saturated carbocycles. The Bertz CT molecular complexity index is 538. The number of aromatic nitrogens is 3. The molecule has 2 heterocycles. The summed E-state index contributed by atoms with van der Waals surface area (Å²) in [6, 6.07) is 0. The molecule has 0 fully saturated rings. The second-order valence-corrected chi connectivity index (χ2v) is 6.28. The third kappa shape index (κ3) is 5.30. The average Bonchev–Trinajstić information content (AvgIpc) is 2.93. The van der Waals surface area contributed by atoms with Crippen molar-refractivity contribution in [2.75, 3.05) is 11.9 Å². The Hall–Kier alpha value is -1.10. The fourth-order valence-electron chi connectivity index (χ4n) is 2.49. The summed E-state index contributed by atoms with van der Waals surface area (Å²) in [5.41, 5.74) is 0.887. The van der Waals surface area contributed by atoms with Gasteiger partial charge >= 0.3 is 0 Å². The van der Waals surface area contributed by atoms with Crippen molar-refractivity contribution in [3.63, 3.8) is 0 Å². The highest BCUT2D eigenvalue weighted by atomic mass is 79.9. The molecule has 2 aromatic rings. The van der Waals surface area contributed by atoms with Crippen LogP contribution in [0, 0.1) is 0 Å². The maximum atomic E-state index is 4.46. The van der Waals surface area contributed by atoms with Crippen LogP contribution in [0.1, 0.15) is 58.3 Å². The smallest absolute Gasteiger partial charge is 0.180 e. The lowest BCUT2D eigenvalue weighted by atomic mass is 10.1. The van der Waals surface area contributed by atoms with Gasteiger partial charge in [-0.3, -0.25) is 0 Å². The molecule has 21 heavy (non-hydrogen) atoms. The number of imidazole rings is 1. The Labute approximate surface area is 135 Å². The number of nitrogens with one attached hydrogen (secondary N) is 1. The van der Waals surface area contributed by atoms with Crippen LogP contribution in [-0.4, -0.2) is 20.9 Å². The lowest BCUT2D eigenvalue weighted by Gasteiger charge is -2.07. The second-order valence-electron chi connectivity index (χ2n) is 5.47. The summed E-state index contributed by atoms with van der Waals surface area (Å²) < 4.78 is 2.80. The zero-order valence-electron chi connectivity index (χ0n) is 12.8. The van der Waals surface area contributed by atoms with Crippen molar-refractivity contribution in [1.82, 2.24) is 14.4 Å². The van der Waals surface area contributed by atoms with E-state index in [4.69, 9.17) is 0 Å². The van der Waals surface area contributed by atoms with Crippen LogP contribution in [0.15, 0.2) is 23.2 Å². The molecule has 116 valence electrons. The van der Waals surface area contributed by atoms with E-state index < -0.39 is 0 Å². The fourth-order valence-corrected chi connectivity index (χ4v) is 2.88. The molecule has 0 aliphatic carbocycles. The molecule has 1 N–H and O–H groups in total. The van der Waals surface area contributed by atoms with Gasteiger partial charge in [-0.25, -0.2) is 9.97 Å². The lowest BCUT2D eigenvalue weighted by molar-refractivity contribution is 0.581. The van der Waals surface area contributed by atoms with Gasteiger partial charge in [0.15, 0.2) is 11.5 Å². The van der Waals surface area contributed by atoms with Crippen LogP contribution in [0.3, 0.4) is 0 Å². The van der Waals surface area contributed by atoms with E-state index in [-0.39, 0.29) is 0 Å². The molecule has 0 aliphatic heterocycles. The highest BCUT2D eigenvalue weighted by Crippen LogP contribution is 2.17. The molecule has 0 saturated heterocycles. The van der Waals surface area contributed by atoms with Gasteiger partial charge in [0, 0.05) is 25.1 Å². The molecule has 0 spiro atoms. The quantitative estimate of drug-likeness (QED) is 0.608. The van der Waals surface area contributed by atoms with Gasteiger partial charge in [-0.05, 0) is 22.4 Å². The summed E-state index contributed by atoms with van der Waals surface area (Å²) in [4.78, 5) is 8.80. The predicted molar refractivity (Wildman–Crippen MR) is 91.8 cm³/mol. The number of hydrogen-bond acceptors (Lipinski definition) is 3. The summed E-state index contributed by atoms with van der Waals surface area (Å²) in [5.74, 6) is 0.859. The maximum Gasteiger partial charge on any atom is 0.180 e. The van der Waals surface area contributed by atoms with Gasteiger partial charge in [-0.1, -0.05) is 51.9 Å². The number of rotatable bonds is 10. The number of halogens is 1. The summed E-state index contributed by atoms with van der Waals surface area (Å²) in [6.45, 7) is 3.22. The summed E-state index contributed by atoms with van der Waals surface area (Å²) in [5, 5.41) is 3.40. The van der Waals surface area contributed by atoms with Gasteiger partial charge < -0.3 is 9.72 Å². The van der Waals surface area contributed by atoms with E-state index in [1.165, 1.54) is 51.4 Å². The van der Waals surface area contributed by atoms with E-state index in [0.717, 1.165) is 22.6 Å². The minimum atomic E-state index is 0.825. The van der Waals surface area contributed by atoms with Crippen molar-refractivity contribution in [3.8, 4) is 0 Å². The third-order valence-corrected chi connectivity index (χ3v) is 4.05. The largest absolute Gasteiger partial charge is 0.367 e. The van der Waals surface area contributed by atoms with Gasteiger partial charge in [0.25, 0.3) is 0 Å². The fraction of sp³-hybridized carbons (Fsp3) is 0.625. The number of unbranched alkanes of at least 4 members (excludes halogenated alkanes) is 7. The van der Waals surface area contributed by atoms with Crippen LogP contribution in [0.4, 0.5) is 5.82 Å². The Morgan fingerprint density at radius 3 is 2.57 bits per heavy atom. The van der Waals surface area contributed by atoms with Gasteiger partial charge in [0.2, 0.25) is 0 Å². The molecule has 2 rings (SSSR count). The molecule has 4 nitrogen and oxygen atoms in total. The highest BCUT2D eigenvalue weighted by Gasteiger charge is 2.05. The van der Waals surface area contributed by atoms with E-state index in [1.807, 2.05) is 16.8 Å². The summed E-state index contributed by atoms with van der Waals surface area (Å²) in [7, 11) is 0. The van der Waals surface area contributed by atoms with Gasteiger partial charge in [0.05, 0.1) is 0 Å². The Balaban J connectivity index is 1.65. The lowest BCUT2D eigenvalue weighted by Crippen LogP contribution is -2.05. The first-order valence-electron chi connectivity index (χ1n) is 8.04. The SMILES string of the molecule is CCCCCCCCCCNc1nc(Br)cn2ccnc12. The van der Waals surface area contributed by atoms with Crippen LogP contribution in [0.5, 0.6) is 0 Å². The minimum Gasteiger partial charge on any atom is -0.367 e. The van der Waals surface area contributed by atoms with E-state index in [2.05, 4.69) is 38.1 Å². The highest BCUT2D eigenvalue weighted by molar-refractivity contribution is 9.10. The number of fused-ring (bicyclic) bond motifs is 1. The first-order valence-corrected chi connectivity index (χ1v) is 8.83. The topological polar surface area (TPSA) is 42.2 Å². The molecule has 5 heteroatoms. The Kier molecular flexibility index (Phi) is 7.00. The molecular weight excluding hydrogens is 328 g/mol. The number of nitrogens with zero attached hydrogens (tertiary/aromatic N) is 3. The summed E-state index contributed by atoms with van der Waals surface area (Å²) >= 11 is 3.43. The van der Waals surface area contributed by atoms with Crippen LogP contribution in [0.2, 0.25) is 0 Å². The molecule has 0 amide bonds. The third-order valence-electron chi connectivity index (χ3n) is 3.67. The number of hydrogen-bond donors (Lipinski definition) is 1. The second kappa shape index (κ2) is 9.03. The van der Waals surface area contributed by atoms with Crippen molar-refractivity contribution < 1.29 is 0 Å². The Morgan fingerprint density at radius 1 is 1.10 bits per heavy atom.